The molecule has 0 aliphatic rings. The van der Waals surface area contributed by atoms with Gasteiger partial charge >= 0.3 is 0 Å². The number of hydrogen-bond acceptors (Lipinski definition) is 16. The molecule has 10 atom stereocenters. The van der Waals surface area contributed by atoms with Crippen LogP contribution in [0.2, 0.25) is 0 Å². The first-order chi connectivity index (χ1) is 44.4. The fourth-order valence-corrected chi connectivity index (χ4v) is 9.95. The molecule has 24 N–H and O–H groups in total. The summed E-state index contributed by atoms with van der Waals surface area (Å²) in [5.74, 6) is -10.2. The highest BCUT2D eigenvalue weighted by molar-refractivity contribution is 5.98. The van der Waals surface area contributed by atoms with Gasteiger partial charge in [0.1, 0.15) is 54.4 Å². The number of guanidine groups is 2. The predicted octanol–water partition coefficient (Wildman–Crippen LogP) is -1.19. The third kappa shape index (κ3) is 40.0. The second-order valence-corrected chi connectivity index (χ2v) is 25.4. The van der Waals surface area contributed by atoms with Gasteiger partial charge in [-0.15, -0.1) is 0 Å². The summed E-state index contributed by atoms with van der Waals surface area (Å²) in [4.78, 5) is 157. The van der Waals surface area contributed by atoms with E-state index in [0.717, 1.165) is 25.7 Å². The molecule has 0 saturated heterocycles. The number of carbonyl (C=O) groups is 11. The molecule has 0 rings (SSSR count). The second-order valence-electron chi connectivity index (χ2n) is 25.4. The van der Waals surface area contributed by atoms with Crippen LogP contribution in [0.15, 0.2) is 9.98 Å². The standard InChI is InChI=1S/C63H120N18O13/c1-10-11-12-13-14-15-16-17-18-19-20-21-22-30-49(84)75-48(37-82)55(88)72-36-50(85)74-44(29-26-33-71-63(68)69)57(90)80-51(40(6)7)60(93)79-46(34-38(2)3)58(91)73-41(8)54(87)81-52(42(9)83)61(94)77-45(27-23-24-31-64)56(89)78-47(35-39(4)5)59(92)76-43(53(65)86)28-25-32-70-62(66)67/h38-48,51-52,82-83H,10-37,64H2,1-9H3,(H2,65,86)(H,72,88)(H,73,91)(H,74,85)(H,75,84)(H,76,92)(H,77,94)(H,78,89)(H,79,93)(H,80,90)(H,81,87)(H4,66,67,70)(H4,68,69,71)/t41-,42+,43-,44-,45-,46-,47-,48-,51-,52-/m0/s1. The lowest BCUT2D eigenvalue weighted by Crippen LogP contribution is -2.62. The smallest absolute Gasteiger partial charge is 0.245 e. The number of aliphatic hydroxyl groups is 2. The molecule has 0 aromatic heterocycles. The molecule has 31 heteroatoms. The van der Waals surface area contributed by atoms with E-state index in [1.54, 1.807) is 41.5 Å². The molecule has 0 spiro atoms. The Balaban J connectivity index is 6.09. The van der Waals surface area contributed by atoms with Crippen LogP contribution in [0, 0.1) is 17.8 Å². The maximum atomic E-state index is 14.1. The number of aliphatic hydroxyl groups excluding tert-OH is 2. The summed E-state index contributed by atoms with van der Waals surface area (Å²) < 4.78 is 0. The van der Waals surface area contributed by atoms with E-state index in [9.17, 15) is 63.0 Å². The molecule has 0 unspecified atom stereocenters. The van der Waals surface area contributed by atoms with Crippen LogP contribution in [-0.4, -0.2) is 180 Å². The molecular formula is C63H120N18O13. The number of nitrogens with one attached hydrogen (secondary N) is 10. The molecule has 0 radical (unpaired) electrons. The summed E-state index contributed by atoms with van der Waals surface area (Å²) in [6.45, 7) is 14.2. The number of aliphatic imine (C=N–C) groups is 2. The van der Waals surface area contributed by atoms with Crippen LogP contribution in [0.3, 0.4) is 0 Å². The first kappa shape index (κ1) is 86.6. The number of hydrogen-bond donors (Lipinski definition) is 18. The molecule has 0 aromatic carbocycles. The van der Waals surface area contributed by atoms with Crippen molar-refractivity contribution in [3.8, 4) is 0 Å². The van der Waals surface area contributed by atoms with Crippen molar-refractivity contribution in [2.75, 3.05) is 32.8 Å². The Kier molecular flexibility index (Phi) is 46.1. The zero-order valence-electron chi connectivity index (χ0n) is 57.5. The summed E-state index contributed by atoms with van der Waals surface area (Å²) >= 11 is 0. The summed E-state index contributed by atoms with van der Waals surface area (Å²) in [5, 5.41) is 46.3. The number of nitrogens with zero attached hydrogens (tertiary/aromatic N) is 2. The molecule has 540 valence electrons. The maximum Gasteiger partial charge on any atom is 0.245 e. The van der Waals surface area contributed by atoms with Crippen LogP contribution in [-0.2, 0) is 52.7 Å². The maximum absolute atomic E-state index is 14.1. The summed E-state index contributed by atoms with van der Waals surface area (Å²) in [6, 6.07) is -12.0. The first-order valence-electron chi connectivity index (χ1n) is 33.8. The van der Waals surface area contributed by atoms with E-state index in [0.29, 0.717) is 25.7 Å². The predicted molar refractivity (Wildman–Crippen MR) is 361 cm³/mol. The van der Waals surface area contributed by atoms with Gasteiger partial charge in [0.25, 0.3) is 0 Å². The van der Waals surface area contributed by atoms with Crippen molar-refractivity contribution in [1.29, 1.82) is 0 Å². The first-order valence-corrected chi connectivity index (χ1v) is 33.8. The van der Waals surface area contributed by atoms with Crippen molar-refractivity contribution in [1.82, 2.24) is 53.2 Å². The largest absolute Gasteiger partial charge is 0.394 e. The zero-order chi connectivity index (χ0) is 71.3. The minimum atomic E-state index is -1.69. The van der Waals surface area contributed by atoms with Crippen LogP contribution in [0.5, 0.6) is 0 Å². The number of nitrogens with two attached hydrogens (primary N) is 6. The van der Waals surface area contributed by atoms with Gasteiger partial charge in [-0.25, -0.2) is 0 Å². The van der Waals surface area contributed by atoms with E-state index in [4.69, 9.17) is 34.4 Å². The third-order valence-electron chi connectivity index (χ3n) is 15.3. The van der Waals surface area contributed by atoms with E-state index in [-0.39, 0.29) is 88.3 Å². The van der Waals surface area contributed by atoms with E-state index in [1.165, 1.54) is 65.2 Å². The van der Waals surface area contributed by atoms with Gasteiger partial charge in [-0.2, -0.15) is 0 Å². The Morgan fingerprint density at radius 2 is 0.809 bits per heavy atom. The molecule has 0 bridgehead atoms. The third-order valence-corrected chi connectivity index (χ3v) is 15.3. The van der Waals surface area contributed by atoms with Gasteiger partial charge in [0, 0.05) is 19.5 Å². The highest BCUT2D eigenvalue weighted by Gasteiger charge is 2.36. The molecule has 11 amide bonds. The Hall–Kier alpha value is -7.41. The second kappa shape index (κ2) is 50.1. The van der Waals surface area contributed by atoms with Crippen molar-refractivity contribution in [2.45, 2.75) is 270 Å². The van der Waals surface area contributed by atoms with Gasteiger partial charge < -0.3 is 97.8 Å². The Labute approximate surface area is 556 Å². The number of primary amides is 1. The fourth-order valence-electron chi connectivity index (χ4n) is 9.95. The molecule has 94 heavy (non-hydrogen) atoms. The number of amides is 11. The number of rotatable bonds is 53. The topological polar surface area (TPSA) is 529 Å². The molecule has 0 fully saturated rings. The molecule has 0 aromatic rings. The van der Waals surface area contributed by atoms with Crippen LogP contribution in [0.4, 0.5) is 0 Å². The van der Waals surface area contributed by atoms with Crippen LogP contribution in [0.1, 0.15) is 210 Å². The van der Waals surface area contributed by atoms with E-state index >= 15 is 0 Å². The normalized spacial score (nSPS) is 14.4. The van der Waals surface area contributed by atoms with Crippen molar-refractivity contribution in [2.24, 2.45) is 62.1 Å². The summed E-state index contributed by atoms with van der Waals surface area (Å²) in [7, 11) is 0. The van der Waals surface area contributed by atoms with Gasteiger partial charge in [-0.05, 0) is 102 Å². The van der Waals surface area contributed by atoms with Crippen LogP contribution in [0.25, 0.3) is 0 Å². The SMILES string of the molecule is CCCCCCCCCCCCCCCC(=O)N[C@@H](CO)C(=O)NCC(=O)N[C@@H](CCCN=C(N)N)C(=O)N[C@H](C(=O)N[C@@H](CC(C)C)C(=O)N[C@@H](C)C(=O)N[C@H](C(=O)N[C@@H](CCCCN)C(=O)N[C@@H](CC(C)C)C(=O)N[C@@H](CCCN=C(N)N)C(N)=O)[C@@H](C)O)C(C)C. The van der Waals surface area contributed by atoms with Crippen molar-refractivity contribution in [3.05, 3.63) is 0 Å². The highest BCUT2D eigenvalue weighted by Crippen LogP contribution is 2.15. The summed E-state index contributed by atoms with van der Waals surface area (Å²) in [5.41, 5.74) is 33.1. The van der Waals surface area contributed by atoms with Gasteiger partial charge in [-0.1, -0.05) is 126 Å². The minimum Gasteiger partial charge on any atom is -0.394 e. The molecule has 0 aliphatic carbocycles. The highest BCUT2D eigenvalue weighted by atomic mass is 16.3. The monoisotopic (exact) mass is 1340 g/mol. The average molecular weight is 1340 g/mol. The van der Waals surface area contributed by atoms with Gasteiger partial charge in [-0.3, -0.25) is 62.7 Å². The van der Waals surface area contributed by atoms with Crippen molar-refractivity contribution < 1.29 is 63.0 Å². The zero-order valence-corrected chi connectivity index (χ0v) is 57.5. The molecular weight excluding hydrogens is 1220 g/mol. The van der Waals surface area contributed by atoms with Crippen molar-refractivity contribution in [3.63, 3.8) is 0 Å². The number of carbonyl (C=O) groups excluding carboxylic acids is 11. The fraction of sp³-hybridized carbons (Fsp3) is 0.794. The van der Waals surface area contributed by atoms with E-state index in [1.807, 2.05) is 0 Å². The van der Waals surface area contributed by atoms with Gasteiger partial charge in [0.05, 0.1) is 19.3 Å². The molecule has 0 saturated carbocycles. The van der Waals surface area contributed by atoms with Crippen LogP contribution < -0.4 is 87.6 Å². The Bertz CT molecular complexity index is 2370. The number of unbranched alkanes of at least 4 members (excludes halogenated alkanes) is 13. The lowest BCUT2D eigenvalue weighted by Gasteiger charge is -2.29. The van der Waals surface area contributed by atoms with Gasteiger partial charge in [0.2, 0.25) is 65.0 Å². The molecule has 0 heterocycles. The van der Waals surface area contributed by atoms with E-state index < -0.39 is 145 Å². The van der Waals surface area contributed by atoms with Gasteiger partial charge in [0.15, 0.2) is 11.9 Å². The van der Waals surface area contributed by atoms with E-state index in [2.05, 4.69) is 70.1 Å². The summed E-state index contributed by atoms with van der Waals surface area (Å²) in [6.07, 6.45) is 14.8. The quantitative estimate of drug-likeness (QED) is 0.0193. The minimum absolute atomic E-state index is 0.0198. The Morgan fingerprint density at radius 3 is 1.28 bits per heavy atom. The lowest BCUT2D eigenvalue weighted by molar-refractivity contribution is -0.137. The average Bonchev–Trinajstić information content (AvgIpc) is 0.888. The molecule has 0 aliphatic heterocycles. The van der Waals surface area contributed by atoms with Crippen LogP contribution >= 0.6 is 0 Å². The molecule has 31 nitrogen and oxygen atoms in total. The van der Waals surface area contributed by atoms with Crippen molar-refractivity contribution >= 4 is 76.9 Å². The lowest BCUT2D eigenvalue weighted by atomic mass is 9.99. The Morgan fingerprint density at radius 1 is 0.404 bits per heavy atom.